The predicted molar refractivity (Wildman–Crippen MR) is 76.7 cm³/mol. The molecule has 0 fully saturated rings. The molecule has 0 radical (unpaired) electrons. The molecule has 0 saturated carbocycles. The summed E-state index contributed by atoms with van der Waals surface area (Å²) in [6.45, 7) is 6.32. The number of hydrogen-bond donors (Lipinski definition) is 0. The second-order valence-corrected chi connectivity index (χ2v) is 4.17. The highest BCUT2D eigenvalue weighted by atomic mass is 14.8. The molecule has 0 N–H and O–H groups in total. The number of rotatable bonds is 5. The lowest BCUT2D eigenvalue weighted by atomic mass is 10.1. The van der Waals surface area contributed by atoms with Crippen molar-refractivity contribution >= 4 is 5.71 Å². The van der Waals surface area contributed by atoms with Crippen LogP contribution < -0.4 is 0 Å². The molecule has 0 aliphatic heterocycles. The van der Waals surface area contributed by atoms with Gasteiger partial charge in [-0.05, 0) is 31.9 Å². The maximum Gasteiger partial charge on any atom is 0.0649 e. The second-order valence-electron chi connectivity index (χ2n) is 4.17. The van der Waals surface area contributed by atoms with Crippen LogP contribution in [0.5, 0.6) is 0 Å². The molecular formula is C16H21N. The van der Waals surface area contributed by atoms with Crippen molar-refractivity contribution in [3.05, 3.63) is 60.2 Å². The van der Waals surface area contributed by atoms with Crippen LogP contribution in [0.2, 0.25) is 0 Å². The number of allylic oxidation sites excluding steroid dienone is 4. The van der Waals surface area contributed by atoms with E-state index in [2.05, 4.69) is 62.2 Å². The van der Waals surface area contributed by atoms with Gasteiger partial charge in [-0.1, -0.05) is 55.5 Å². The number of aliphatic imine (C=N–C) groups is 1. The lowest BCUT2D eigenvalue weighted by Gasteiger charge is -2.04. The minimum absolute atomic E-state index is 0.310. The molecule has 1 aromatic carbocycles. The number of benzene rings is 1. The van der Waals surface area contributed by atoms with Crippen molar-refractivity contribution in [2.75, 3.05) is 0 Å². The molecule has 1 rings (SSSR count). The third kappa shape index (κ3) is 5.30. The minimum atomic E-state index is 0.310. The van der Waals surface area contributed by atoms with Gasteiger partial charge < -0.3 is 0 Å². The van der Waals surface area contributed by atoms with E-state index in [1.165, 1.54) is 5.56 Å². The van der Waals surface area contributed by atoms with Gasteiger partial charge in [0.15, 0.2) is 0 Å². The molecule has 17 heavy (non-hydrogen) atoms. The molecule has 0 atom stereocenters. The highest BCUT2D eigenvalue weighted by Gasteiger charge is 1.99. The van der Waals surface area contributed by atoms with Gasteiger partial charge in [0.1, 0.15) is 0 Å². The van der Waals surface area contributed by atoms with Gasteiger partial charge in [-0.15, -0.1) is 0 Å². The van der Waals surface area contributed by atoms with Crippen LogP contribution in [0.4, 0.5) is 0 Å². The molecule has 0 aliphatic rings. The van der Waals surface area contributed by atoms with Gasteiger partial charge in [0.25, 0.3) is 0 Å². The molecule has 1 nitrogen and oxygen atoms in total. The SMILES string of the molecule is CC/C=C\C=C/C(=NC(C)C)c1ccccc1. The van der Waals surface area contributed by atoms with Crippen molar-refractivity contribution in [1.29, 1.82) is 0 Å². The Balaban J connectivity index is 2.90. The van der Waals surface area contributed by atoms with E-state index in [-0.39, 0.29) is 0 Å². The molecule has 1 heteroatoms. The molecule has 0 aromatic heterocycles. The highest BCUT2D eigenvalue weighted by molar-refractivity contribution is 6.08. The van der Waals surface area contributed by atoms with E-state index in [9.17, 15) is 0 Å². The van der Waals surface area contributed by atoms with Gasteiger partial charge in [0.2, 0.25) is 0 Å². The Labute approximate surface area is 105 Å². The first-order valence-corrected chi connectivity index (χ1v) is 6.20. The van der Waals surface area contributed by atoms with Gasteiger partial charge in [-0.2, -0.15) is 0 Å². The molecule has 0 saturated heterocycles. The van der Waals surface area contributed by atoms with Crippen LogP contribution >= 0.6 is 0 Å². The summed E-state index contributed by atoms with van der Waals surface area (Å²) in [6, 6.07) is 10.6. The smallest absolute Gasteiger partial charge is 0.0649 e. The third-order valence-electron chi connectivity index (χ3n) is 2.20. The van der Waals surface area contributed by atoms with Gasteiger partial charge >= 0.3 is 0 Å². The summed E-state index contributed by atoms with van der Waals surface area (Å²) in [5, 5.41) is 0. The first-order valence-electron chi connectivity index (χ1n) is 6.20. The first-order chi connectivity index (χ1) is 8.24. The lowest BCUT2D eigenvalue weighted by Crippen LogP contribution is -2.01. The molecule has 90 valence electrons. The zero-order valence-electron chi connectivity index (χ0n) is 10.9. The van der Waals surface area contributed by atoms with Crippen LogP contribution in [0.1, 0.15) is 32.8 Å². The maximum absolute atomic E-state index is 4.64. The van der Waals surface area contributed by atoms with Crippen molar-refractivity contribution in [3.8, 4) is 0 Å². The minimum Gasteiger partial charge on any atom is -0.282 e. The van der Waals surface area contributed by atoms with Crippen molar-refractivity contribution in [1.82, 2.24) is 0 Å². The normalized spacial score (nSPS) is 13.1. The quantitative estimate of drug-likeness (QED) is 0.522. The van der Waals surface area contributed by atoms with Crippen LogP contribution in [0.15, 0.2) is 59.6 Å². The Morgan fingerprint density at radius 3 is 2.47 bits per heavy atom. The van der Waals surface area contributed by atoms with E-state index >= 15 is 0 Å². The van der Waals surface area contributed by atoms with Gasteiger partial charge in [-0.25, -0.2) is 0 Å². The summed E-state index contributed by atoms with van der Waals surface area (Å²) in [5.41, 5.74) is 2.21. The molecule has 0 amide bonds. The highest BCUT2D eigenvalue weighted by Crippen LogP contribution is 2.05. The largest absolute Gasteiger partial charge is 0.282 e. The second kappa shape index (κ2) is 7.61. The maximum atomic E-state index is 4.64. The molecule has 0 bridgehead atoms. The van der Waals surface area contributed by atoms with Crippen LogP contribution in [-0.2, 0) is 0 Å². The summed E-state index contributed by atoms with van der Waals surface area (Å²) in [4.78, 5) is 4.64. The van der Waals surface area contributed by atoms with E-state index in [1.54, 1.807) is 0 Å². The molecule has 1 aromatic rings. The summed E-state index contributed by atoms with van der Waals surface area (Å²) in [7, 11) is 0. The van der Waals surface area contributed by atoms with Crippen LogP contribution in [0.3, 0.4) is 0 Å². The fraction of sp³-hybridized carbons (Fsp3) is 0.312. The van der Waals surface area contributed by atoms with E-state index in [0.717, 1.165) is 12.1 Å². The molecule has 0 unspecified atom stereocenters. The summed E-state index contributed by atoms with van der Waals surface area (Å²) in [6.07, 6.45) is 9.39. The molecular weight excluding hydrogens is 206 g/mol. The standard InChI is InChI=1S/C16H21N/c1-4-5-6-10-13-16(17-14(2)3)15-11-8-7-9-12-15/h5-14H,4H2,1-3H3/b6-5-,13-10-,17-16?. The Morgan fingerprint density at radius 1 is 1.18 bits per heavy atom. The average Bonchev–Trinajstić information content (AvgIpc) is 2.34. The number of nitrogens with zero attached hydrogens (tertiary/aromatic N) is 1. The molecule has 0 aliphatic carbocycles. The van der Waals surface area contributed by atoms with Crippen molar-refractivity contribution in [2.24, 2.45) is 4.99 Å². The summed E-state index contributed by atoms with van der Waals surface area (Å²) in [5.74, 6) is 0. The third-order valence-corrected chi connectivity index (χ3v) is 2.20. The number of hydrogen-bond acceptors (Lipinski definition) is 1. The fourth-order valence-corrected chi connectivity index (χ4v) is 1.46. The Kier molecular flexibility index (Phi) is 6.02. The first kappa shape index (κ1) is 13.4. The summed E-state index contributed by atoms with van der Waals surface area (Å²) < 4.78 is 0. The topological polar surface area (TPSA) is 12.4 Å². The Bertz CT molecular complexity index is 397. The molecule has 0 spiro atoms. The van der Waals surface area contributed by atoms with Crippen LogP contribution in [-0.4, -0.2) is 11.8 Å². The predicted octanol–water partition coefficient (Wildman–Crippen LogP) is 4.41. The Morgan fingerprint density at radius 2 is 1.88 bits per heavy atom. The van der Waals surface area contributed by atoms with E-state index in [1.807, 2.05) is 18.2 Å². The summed E-state index contributed by atoms with van der Waals surface area (Å²) >= 11 is 0. The van der Waals surface area contributed by atoms with Crippen molar-refractivity contribution in [3.63, 3.8) is 0 Å². The van der Waals surface area contributed by atoms with E-state index < -0.39 is 0 Å². The van der Waals surface area contributed by atoms with Crippen LogP contribution in [0, 0.1) is 0 Å². The Hall–Kier alpha value is -1.63. The van der Waals surface area contributed by atoms with E-state index in [4.69, 9.17) is 0 Å². The van der Waals surface area contributed by atoms with Gasteiger partial charge in [-0.3, -0.25) is 4.99 Å². The van der Waals surface area contributed by atoms with Gasteiger partial charge in [0, 0.05) is 6.04 Å². The van der Waals surface area contributed by atoms with Gasteiger partial charge in [0.05, 0.1) is 5.71 Å². The lowest BCUT2D eigenvalue weighted by molar-refractivity contribution is 0.837. The monoisotopic (exact) mass is 227 g/mol. The average molecular weight is 227 g/mol. The fourth-order valence-electron chi connectivity index (χ4n) is 1.46. The van der Waals surface area contributed by atoms with Crippen molar-refractivity contribution < 1.29 is 0 Å². The zero-order chi connectivity index (χ0) is 12.5. The van der Waals surface area contributed by atoms with E-state index in [0.29, 0.717) is 6.04 Å². The van der Waals surface area contributed by atoms with Crippen LogP contribution in [0.25, 0.3) is 0 Å². The molecule has 0 heterocycles. The zero-order valence-corrected chi connectivity index (χ0v) is 10.9. The van der Waals surface area contributed by atoms with Crippen molar-refractivity contribution in [2.45, 2.75) is 33.2 Å².